The Morgan fingerprint density at radius 1 is 1.30 bits per heavy atom. The zero-order valence-corrected chi connectivity index (χ0v) is 14.0. The number of carbonyl (C=O) groups excluding carboxylic acids is 1. The lowest BCUT2D eigenvalue weighted by molar-refractivity contribution is -0.188. The van der Waals surface area contributed by atoms with Crippen LogP contribution >= 0.6 is 12.4 Å². The van der Waals surface area contributed by atoms with Crippen LogP contribution in [0.1, 0.15) is 33.1 Å². The molecule has 1 fully saturated rings. The summed E-state index contributed by atoms with van der Waals surface area (Å²) in [6.45, 7) is 3.30. The fourth-order valence-electron chi connectivity index (χ4n) is 2.63. The number of hydrogen-bond acceptors (Lipinski definition) is 3. The first kappa shape index (κ1) is 22.0. The number of amides is 1. The molecule has 1 saturated heterocycles. The molecule has 1 rings (SSSR count). The van der Waals surface area contributed by atoms with Crippen molar-refractivity contribution in [1.29, 1.82) is 0 Å². The molecule has 1 amide bonds. The van der Waals surface area contributed by atoms with Gasteiger partial charge in [0.25, 0.3) is 0 Å². The highest BCUT2D eigenvalue weighted by Crippen LogP contribution is 2.38. The second-order valence-electron chi connectivity index (χ2n) is 5.72. The fourth-order valence-corrected chi connectivity index (χ4v) is 2.63. The summed E-state index contributed by atoms with van der Waals surface area (Å²) in [6, 6.07) is -0.768. The predicted molar refractivity (Wildman–Crippen MR) is 81.5 cm³/mol. The average Bonchev–Trinajstić information content (AvgIpc) is 2.88. The lowest BCUT2D eigenvalue weighted by Crippen LogP contribution is -2.45. The number of unbranched alkanes of at least 4 members (excludes halogenated alkanes) is 2. The first-order valence-electron chi connectivity index (χ1n) is 7.49. The highest BCUT2D eigenvalue weighted by atomic mass is 35.5. The molecule has 3 atom stereocenters. The van der Waals surface area contributed by atoms with E-state index in [9.17, 15) is 22.8 Å². The number of rotatable bonds is 7. The van der Waals surface area contributed by atoms with E-state index in [4.69, 9.17) is 5.11 Å². The van der Waals surface area contributed by atoms with E-state index in [-0.39, 0.29) is 24.9 Å². The van der Waals surface area contributed by atoms with E-state index >= 15 is 0 Å². The number of hydrogen-bond donors (Lipinski definition) is 2. The van der Waals surface area contributed by atoms with Crippen LogP contribution in [0.2, 0.25) is 0 Å². The summed E-state index contributed by atoms with van der Waals surface area (Å²) >= 11 is 0. The molecule has 23 heavy (non-hydrogen) atoms. The Morgan fingerprint density at radius 3 is 2.35 bits per heavy atom. The molecule has 2 N–H and O–H groups in total. The largest absolute Gasteiger partial charge is 0.481 e. The molecule has 0 aliphatic carbocycles. The standard InChI is InChI=1S/C14H23F3N2O3.ClH/c1-3-4-5-6-18-12(20)9(2)19-7-10(13(21)22)11(8-19)14(15,16)17;/h9-11H,3-8H2,1-2H3,(H,18,20)(H,21,22);1H/t9?,10-,11-;/m1./s1. The second-order valence-corrected chi connectivity index (χ2v) is 5.72. The molecule has 0 aromatic heterocycles. The molecule has 0 bridgehead atoms. The molecular weight excluding hydrogens is 337 g/mol. The van der Waals surface area contributed by atoms with Crippen molar-refractivity contribution in [2.45, 2.75) is 45.3 Å². The van der Waals surface area contributed by atoms with E-state index in [1.54, 1.807) is 0 Å². The SMILES string of the molecule is CCCCCNC(=O)C(C)N1C[C@@H](C(F)(F)F)[C@H](C(=O)O)C1.Cl. The van der Waals surface area contributed by atoms with Crippen LogP contribution in [-0.4, -0.2) is 53.7 Å². The molecule has 1 unspecified atom stereocenters. The Morgan fingerprint density at radius 2 is 1.91 bits per heavy atom. The summed E-state index contributed by atoms with van der Waals surface area (Å²) in [5.74, 6) is -5.28. The molecule has 0 aromatic carbocycles. The van der Waals surface area contributed by atoms with Gasteiger partial charge in [0.2, 0.25) is 5.91 Å². The minimum Gasteiger partial charge on any atom is -0.481 e. The van der Waals surface area contributed by atoms with Crippen molar-refractivity contribution < 1.29 is 27.9 Å². The predicted octanol–water partition coefficient (Wildman–Crippen LogP) is 2.30. The maximum Gasteiger partial charge on any atom is 0.393 e. The average molecular weight is 361 g/mol. The van der Waals surface area contributed by atoms with Gasteiger partial charge in [0.15, 0.2) is 0 Å². The minimum absolute atomic E-state index is 0. The summed E-state index contributed by atoms with van der Waals surface area (Å²) in [4.78, 5) is 24.3. The summed E-state index contributed by atoms with van der Waals surface area (Å²) < 4.78 is 38.7. The van der Waals surface area contributed by atoms with Gasteiger partial charge in [0, 0.05) is 19.6 Å². The van der Waals surface area contributed by atoms with Gasteiger partial charge in [-0.25, -0.2) is 0 Å². The van der Waals surface area contributed by atoms with Gasteiger partial charge in [-0.15, -0.1) is 12.4 Å². The van der Waals surface area contributed by atoms with Crippen LogP contribution in [0.25, 0.3) is 0 Å². The topological polar surface area (TPSA) is 69.6 Å². The van der Waals surface area contributed by atoms with Crippen molar-refractivity contribution in [3.8, 4) is 0 Å². The number of nitrogens with zero attached hydrogens (tertiary/aromatic N) is 1. The van der Waals surface area contributed by atoms with E-state index in [2.05, 4.69) is 5.32 Å². The van der Waals surface area contributed by atoms with Gasteiger partial charge in [-0.1, -0.05) is 19.8 Å². The monoisotopic (exact) mass is 360 g/mol. The van der Waals surface area contributed by atoms with Gasteiger partial charge in [-0.05, 0) is 13.3 Å². The number of likely N-dealkylation sites (tertiary alicyclic amines) is 1. The molecule has 0 spiro atoms. The maximum absolute atomic E-state index is 12.9. The first-order valence-corrected chi connectivity index (χ1v) is 7.49. The van der Waals surface area contributed by atoms with Gasteiger partial charge in [-0.3, -0.25) is 14.5 Å². The third-order valence-electron chi connectivity index (χ3n) is 4.09. The van der Waals surface area contributed by atoms with Crippen LogP contribution in [0.5, 0.6) is 0 Å². The molecule has 9 heteroatoms. The Labute approximate surface area is 140 Å². The molecule has 1 aliphatic rings. The first-order chi connectivity index (χ1) is 10.2. The molecule has 0 aromatic rings. The summed E-state index contributed by atoms with van der Waals surface area (Å²) in [7, 11) is 0. The van der Waals surface area contributed by atoms with Crippen LogP contribution in [0.3, 0.4) is 0 Å². The number of carboxylic acids is 1. The number of alkyl halides is 3. The van der Waals surface area contributed by atoms with Crippen LogP contribution in [-0.2, 0) is 9.59 Å². The smallest absolute Gasteiger partial charge is 0.393 e. The van der Waals surface area contributed by atoms with Gasteiger partial charge < -0.3 is 10.4 Å². The van der Waals surface area contributed by atoms with E-state index in [1.807, 2.05) is 6.92 Å². The number of nitrogens with one attached hydrogen (secondary N) is 1. The molecule has 0 radical (unpaired) electrons. The number of carboxylic acid groups (broad SMARTS) is 1. The van der Waals surface area contributed by atoms with Gasteiger partial charge >= 0.3 is 12.1 Å². The Kier molecular flexibility index (Phi) is 8.90. The summed E-state index contributed by atoms with van der Waals surface area (Å²) in [5.41, 5.74) is 0. The minimum atomic E-state index is -4.57. The Bertz CT molecular complexity index is 407. The molecule has 1 heterocycles. The third kappa shape index (κ3) is 6.18. The van der Waals surface area contributed by atoms with E-state index in [0.29, 0.717) is 6.54 Å². The van der Waals surface area contributed by atoms with Gasteiger partial charge in [0.05, 0.1) is 17.9 Å². The van der Waals surface area contributed by atoms with Crippen molar-refractivity contribution in [3.63, 3.8) is 0 Å². The lowest BCUT2D eigenvalue weighted by atomic mass is 9.96. The molecule has 5 nitrogen and oxygen atoms in total. The van der Waals surface area contributed by atoms with Gasteiger partial charge in [0.1, 0.15) is 0 Å². The van der Waals surface area contributed by atoms with Gasteiger partial charge in [-0.2, -0.15) is 13.2 Å². The van der Waals surface area contributed by atoms with Crippen LogP contribution < -0.4 is 5.32 Å². The van der Waals surface area contributed by atoms with Crippen molar-refractivity contribution in [2.24, 2.45) is 11.8 Å². The van der Waals surface area contributed by atoms with E-state index in [0.717, 1.165) is 19.3 Å². The van der Waals surface area contributed by atoms with Crippen molar-refractivity contribution in [2.75, 3.05) is 19.6 Å². The van der Waals surface area contributed by atoms with E-state index in [1.165, 1.54) is 11.8 Å². The molecule has 136 valence electrons. The fraction of sp³-hybridized carbons (Fsp3) is 0.857. The highest BCUT2D eigenvalue weighted by molar-refractivity contribution is 5.85. The number of aliphatic carboxylic acids is 1. The molecular formula is C14H24ClF3N2O3. The quantitative estimate of drug-likeness (QED) is 0.683. The zero-order chi connectivity index (χ0) is 16.9. The Balaban J connectivity index is 0.00000484. The number of carbonyl (C=O) groups is 2. The van der Waals surface area contributed by atoms with Crippen molar-refractivity contribution >= 4 is 24.3 Å². The zero-order valence-electron chi connectivity index (χ0n) is 13.2. The Hall–Kier alpha value is -1.02. The maximum atomic E-state index is 12.9. The lowest BCUT2D eigenvalue weighted by Gasteiger charge is -2.23. The van der Waals surface area contributed by atoms with Crippen LogP contribution in [0.15, 0.2) is 0 Å². The summed E-state index contributed by atoms with van der Waals surface area (Å²) in [5, 5.41) is 11.6. The summed E-state index contributed by atoms with van der Waals surface area (Å²) in [6.07, 6.45) is -1.78. The van der Waals surface area contributed by atoms with Crippen molar-refractivity contribution in [1.82, 2.24) is 10.2 Å². The van der Waals surface area contributed by atoms with Crippen LogP contribution in [0, 0.1) is 11.8 Å². The molecule has 0 saturated carbocycles. The number of halogens is 4. The second kappa shape index (κ2) is 9.32. The van der Waals surface area contributed by atoms with Crippen molar-refractivity contribution in [3.05, 3.63) is 0 Å². The normalized spacial score (nSPS) is 23.2. The highest BCUT2D eigenvalue weighted by Gasteiger charge is 2.53. The van der Waals surface area contributed by atoms with E-state index < -0.39 is 36.6 Å². The molecule has 1 aliphatic heterocycles. The van der Waals surface area contributed by atoms with Crippen LogP contribution in [0.4, 0.5) is 13.2 Å². The third-order valence-corrected chi connectivity index (χ3v) is 4.09.